The molecule has 1 aliphatic rings. The minimum Gasteiger partial charge on any atom is -0.493 e. The fraction of sp³-hybridized carbons (Fsp3) is 0.263. The number of hydrogen-bond acceptors (Lipinski definition) is 2. The Morgan fingerprint density at radius 1 is 1.05 bits per heavy atom. The van der Waals surface area contributed by atoms with Crippen LogP contribution in [-0.4, -0.2) is 7.11 Å². The quantitative estimate of drug-likeness (QED) is 0.786. The molecule has 0 aromatic heterocycles. The van der Waals surface area contributed by atoms with Gasteiger partial charge >= 0.3 is 0 Å². The molecule has 0 spiro atoms. The predicted molar refractivity (Wildman–Crippen MR) is 85.7 cm³/mol. The predicted octanol–water partition coefficient (Wildman–Crippen LogP) is 4.76. The van der Waals surface area contributed by atoms with Gasteiger partial charge in [-0.3, -0.25) is 0 Å². The van der Waals surface area contributed by atoms with E-state index in [0.29, 0.717) is 6.61 Å². The molecule has 0 heterocycles. The molecular weight excluding hydrogens is 260 g/mol. The van der Waals surface area contributed by atoms with E-state index in [2.05, 4.69) is 31.2 Å². The monoisotopic (exact) mass is 280 g/mol. The number of hydrogen-bond donors (Lipinski definition) is 0. The molecule has 3 rings (SSSR count). The molecule has 0 unspecified atom stereocenters. The van der Waals surface area contributed by atoms with Crippen LogP contribution >= 0.6 is 0 Å². The smallest absolute Gasteiger partial charge is 0.169 e. The van der Waals surface area contributed by atoms with Gasteiger partial charge in [0.25, 0.3) is 0 Å². The third kappa shape index (κ3) is 2.80. The van der Waals surface area contributed by atoms with Crippen molar-refractivity contribution < 1.29 is 9.47 Å². The lowest BCUT2D eigenvalue weighted by molar-refractivity contribution is 0.283. The summed E-state index contributed by atoms with van der Waals surface area (Å²) in [4.78, 5) is 0. The fourth-order valence-electron chi connectivity index (χ4n) is 2.53. The summed E-state index contributed by atoms with van der Waals surface area (Å²) in [6, 6.07) is 14.4. The van der Waals surface area contributed by atoms with E-state index in [9.17, 15) is 0 Å². The van der Waals surface area contributed by atoms with Gasteiger partial charge in [-0.2, -0.15) is 0 Å². The third-order valence-corrected chi connectivity index (χ3v) is 3.98. The average Bonchev–Trinajstić information content (AvgIpc) is 2.45. The molecule has 0 amide bonds. The van der Waals surface area contributed by atoms with Crippen LogP contribution in [-0.2, 0) is 6.61 Å². The standard InChI is InChI=1S/C19H20O2/c1-14-7-3-4-8-16(14)13-21-19-17(15-9-5-10-15)11-6-12-18(19)20-2/h3-4,6-9,11-12H,5,10,13H2,1-2H3. The molecule has 0 N–H and O–H groups in total. The molecule has 0 fully saturated rings. The van der Waals surface area contributed by atoms with Gasteiger partial charge in [0.2, 0.25) is 0 Å². The van der Waals surface area contributed by atoms with Crippen LogP contribution < -0.4 is 9.47 Å². The molecule has 2 aromatic rings. The zero-order chi connectivity index (χ0) is 14.7. The molecule has 108 valence electrons. The maximum atomic E-state index is 6.12. The maximum Gasteiger partial charge on any atom is 0.169 e. The lowest BCUT2D eigenvalue weighted by atomic mass is 9.91. The van der Waals surface area contributed by atoms with Crippen molar-refractivity contribution in [1.29, 1.82) is 0 Å². The van der Waals surface area contributed by atoms with Gasteiger partial charge in [0, 0.05) is 5.56 Å². The summed E-state index contributed by atoms with van der Waals surface area (Å²) in [5, 5.41) is 0. The Hall–Kier alpha value is -2.22. The number of ether oxygens (including phenoxy) is 2. The SMILES string of the molecule is COc1cccc(C2=CCC2)c1OCc1ccccc1C. The molecule has 0 saturated heterocycles. The van der Waals surface area contributed by atoms with E-state index in [1.165, 1.54) is 16.7 Å². The van der Waals surface area contributed by atoms with Gasteiger partial charge < -0.3 is 9.47 Å². The summed E-state index contributed by atoms with van der Waals surface area (Å²) in [6.07, 6.45) is 4.53. The number of allylic oxidation sites excluding steroid dienone is 2. The van der Waals surface area contributed by atoms with E-state index in [1.54, 1.807) is 7.11 Å². The molecule has 0 atom stereocenters. The summed E-state index contributed by atoms with van der Waals surface area (Å²) < 4.78 is 11.6. The van der Waals surface area contributed by atoms with Gasteiger partial charge in [0.05, 0.1) is 7.11 Å². The Bertz CT molecular complexity index is 671. The van der Waals surface area contributed by atoms with Gasteiger partial charge in [-0.05, 0) is 42.5 Å². The van der Waals surface area contributed by atoms with Crippen molar-refractivity contribution in [2.75, 3.05) is 7.11 Å². The van der Waals surface area contributed by atoms with Crippen molar-refractivity contribution in [2.45, 2.75) is 26.4 Å². The van der Waals surface area contributed by atoms with E-state index >= 15 is 0 Å². The Morgan fingerprint density at radius 2 is 1.86 bits per heavy atom. The van der Waals surface area contributed by atoms with Crippen molar-refractivity contribution in [3.8, 4) is 11.5 Å². The van der Waals surface area contributed by atoms with Gasteiger partial charge in [0.1, 0.15) is 6.61 Å². The fourth-order valence-corrected chi connectivity index (χ4v) is 2.53. The van der Waals surface area contributed by atoms with Crippen molar-refractivity contribution in [3.63, 3.8) is 0 Å². The Balaban J connectivity index is 1.88. The zero-order valence-electron chi connectivity index (χ0n) is 12.6. The van der Waals surface area contributed by atoms with E-state index in [0.717, 1.165) is 29.9 Å². The van der Waals surface area contributed by atoms with E-state index in [-0.39, 0.29) is 0 Å². The minimum atomic E-state index is 0.563. The zero-order valence-corrected chi connectivity index (χ0v) is 12.6. The summed E-state index contributed by atoms with van der Waals surface area (Å²) in [7, 11) is 1.69. The second kappa shape index (κ2) is 6.04. The third-order valence-electron chi connectivity index (χ3n) is 3.98. The molecule has 2 nitrogen and oxygen atoms in total. The first-order valence-corrected chi connectivity index (χ1v) is 7.33. The second-order valence-corrected chi connectivity index (χ2v) is 5.32. The van der Waals surface area contributed by atoms with Crippen LogP contribution in [0.3, 0.4) is 0 Å². The Morgan fingerprint density at radius 3 is 2.52 bits per heavy atom. The van der Waals surface area contributed by atoms with Crippen molar-refractivity contribution in [3.05, 3.63) is 65.2 Å². The Labute approximate surface area is 126 Å². The molecular formula is C19H20O2. The lowest BCUT2D eigenvalue weighted by Crippen LogP contribution is -2.04. The lowest BCUT2D eigenvalue weighted by Gasteiger charge is -2.20. The number of para-hydroxylation sites is 1. The van der Waals surface area contributed by atoms with Crippen LogP contribution in [0.15, 0.2) is 48.5 Å². The van der Waals surface area contributed by atoms with Gasteiger partial charge in [-0.15, -0.1) is 0 Å². The van der Waals surface area contributed by atoms with Crippen molar-refractivity contribution in [2.24, 2.45) is 0 Å². The van der Waals surface area contributed by atoms with Gasteiger partial charge in [0.15, 0.2) is 11.5 Å². The molecule has 0 bridgehead atoms. The first-order chi connectivity index (χ1) is 10.3. The number of methoxy groups -OCH3 is 1. The highest BCUT2D eigenvalue weighted by molar-refractivity contribution is 5.76. The summed E-state index contributed by atoms with van der Waals surface area (Å²) in [6.45, 7) is 2.67. The molecule has 1 aliphatic carbocycles. The molecule has 21 heavy (non-hydrogen) atoms. The minimum absolute atomic E-state index is 0.563. The molecule has 2 aromatic carbocycles. The largest absolute Gasteiger partial charge is 0.493 e. The summed E-state index contributed by atoms with van der Waals surface area (Å²) >= 11 is 0. The highest BCUT2D eigenvalue weighted by Gasteiger charge is 2.17. The van der Waals surface area contributed by atoms with Crippen LogP contribution in [0.1, 0.15) is 29.5 Å². The molecule has 2 heteroatoms. The first-order valence-electron chi connectivity index (χ1n) is 7.33. The van der Waals surface area contributed by atoms with Crippen LogP contribution in [0, 0.1) is 6.92 Å². The van der Waals surface area contributed by atoms with Gasteiger partial charge in [-0.1, -0.05) is 42.5 Å². The Kier molecular flexibility index (Phi) is 3.96. The molecule has 0 radical (unpaired) electrons. The maximum absolute atomic E-state index is 6.12. The average molecular weight is 280 g/mol. The summed E-state index contributed by atoms with van der Waals surface area (Å²) in [5.41, 5.74) is 4.97. The van der Waals surface area contributed by atoms with Crippen LogP contribution in [0.25, 0.3) is 5.57 Å². The van der Waals surface area contributed by atoms with E-state index in [4.69, 9.17) is 9.47 Å². The van der Waals surface area contributed by atoms with E-state index < -0.39 is 0 Å². The number of benzene rings is 2. The summed E-state index contributed by atoms with van der Waals surface area (Å²) in [5.74, 6) is 1.66. The topological polar surface area (TPSA) is 18.5 Å². The normalized spacial score (nSPS) is 13.3. The first kappa shape index (κ1) is 13.7. The number of rotatable bonds is 5. The van der Waals surface area contributed by atoms with Crippen LogP contribution in [0.2, 0.25) is 0 Å². The van der Waals surface area contributed by atoms with Crippen molar-refractivity contribution in [1.82, 2.24) is 0 Å². The highest BCUT2D eigenvalue weighted by atomic mass is 16.5. The molecule has 0 saturated carbocycles. The highest BCUT2D eigenvalue weighted by Crippen LogP contribution is 2.40. The van der Waals surface area contributed by atoms with Crippen molar-refractivity contribution >= 4 is 5.57 Å². The van der Waals surface area contributed by atoms with Gasteiger partial charge in [-0.25, -0.2) is 0 Å². The second-order valence-electron chi connectivity index (χ2n) is 5.32. The van der Waals surface area contributed by atoms with Crippen LogP contribution in [0.4, 0.5) is 0 Å². The molecule has 0 aliphatic heterocycles. The van der Waals surface area contributed by atoms with Crippen LogP contribution in [0.5, 0.6) is 11.5 Å². The number of aryl methyl sites for hydroxylation is 1. The van der Waals surface area contributed by atoms with E-state index in [1.807, 2.05) is 24.3 Å².